The van der Waals surface area contributed by atoms with Gasteiger partial charge in [0.15, 0.2) is 0 Å². The molecule has 0 aliphatic heterocycles. The number of aromatic nitrogens is 2. The first-order chi connectivity index (χ1) is 8.95. The largest absolute Gasteiger partial charge is 0.311 e. The van der Waals surface area contributed by atoms with E-state index in [1.807, 2.05) is 13.0 Å². The minimum Gasteiger partial charge on any atom is -0.311 e. The van der Waals surface area contributed by atoms with Crippen LogP contribution < -0.4 is 5.32 Å². The molecule has 0 fully saturated rings. The number of carbonyl (C=O) groups is 1. The van der Waals surface area contributed by atoms with Gasteiger partial charge >= 0.3 is 0 Å². The molecule has 19 heavy (non-hydrogen) atoms. The molecule has 1 amide bonds. The molecule has 1 aromatic carbocycles. The summed E-state index contributed by atoms with van der Waals surface area (Å²) in [5.74, 6) is 0.545. The molecule has 0 atom stereocenters. The summed E-state index contributed by atoms with van der Waals surface area (Å²) in [6, 6.07) is 6.97. The Balaban J connectivity index is 2.05. The van der Waals surface area contributed by atoms with Crippen molar-refractivity contribution in [3.8, 4) is 0 Å². The standard InChI is InChI=1S/C13H13Cl2N3O/c1-8-5-12(18(2)17-8)16-13(19)7-9-3-4-10(14)11(15)6-9/h3-6H,7H2,1-2H3,(H,16,19). The van der Waals surface area contributed by atoms with Crippen molar-refractivity contribution >= 4 is 34.9 Å². The zero-order valence-electron chi connectivity index (χ0n) is 10.6. The summed E-state index contributed by atoms with van der Waals surface area (Å²) in [6.45, 7) is 1.87. The van der Waals surface area contributed by atoms with E-state index in [1.165, 1.54) is 0 Å². The van der Waals surface area contributed by atoms with Crippen molar-refractivity contribution in [3.05, 3.63) is 45.6 Å². The van der Waals surface area contributed by atoms with Crippen molar-refractivity contribution in [2.75, 3.05) is 5.32 Å². The Bertz CT molecular complexity index is 622. The molecule has 0 bridgehead atoms. The van der Waals surface area contributed by atoms with Gasteiger partial charge < -0.3 is 5.32 Å². The number of carbonyl (C=O) groups excluding carboxylic acids is 1. The van der Waals surface area contributed by atoms with Crippen LogP contribution in [-0.4, -0.2) is 15.7 Å². The lowest BCUT2D eigenvalue weighted by molar-refractivity contribution is -0.115. The fourth-order valence-corrected chi connectivity index (χ4v) is 2.07. The maximum absolute atomic E-state index is 11.9. The Morgan fingerprint density at radius 2 is 2.05 bits per heavy atom. The van der Waals surface area contributed by atoms with E-state index in [-0.39, 0.29) is 12.3 Å². The summed E-state index contributed by atoms with van der Waals surface area (Å²) < 4.78 is 1.63. The van der Waals surface area contributed by atoms with Gasteiger partial charge in [0, 0.05) is 13.1 Å². The molecule has 1 heterocycles. The molecule has 2 aromatic rings. The highest BCUT2D eigenvalue weighted by atomic mass is 35.5. The summed E-state index contributed by atoms with van der Waals surface area (Å²) in [4.78, 5) is 11.9. The summed E-state index contributed by atoms with van der Waals surface area (Å²) in [5.41, 5.74) is 1.66. The minimum atomic E-state index is -0.124. The molecule has 0 saturated heterocycles. The Labute approximate surface area is 121 Å². The Morgan fingerprint density at radius 1 is 1.32 bits per heavy atom. The third-order valence-corrected chi connectivity index (χ3v) is 3.36. The lowest BCUT2D eigenvalue weighted by Crippen LogP contribution is -2.16. The molecule has 6 heteroatoms. The average Bonchev–Trinajstić information content (AvgIpc) is 2.62. The number of nitrogens with one attached hydrogen (secondary N) is 1. The van der Waals surface area contributed by atoms with E-state index in [4.69, 9.17) is 23.2 Å². The maximum atomic E-state index is 11.9. The van der Waals surface area contributed by atoms with Gasteiger partial charge in [-0.1, -0.05) is 29.3 Å². The van der Waals surface area contributed by atoms with E-state index in [0.717, 1.165) is 11.3 Å². The van der Waals surface area contributed by atoms with Gasteiger partial charge in [-0.05, 0) is 24.6 Å². The topological polar surface area (TPSA) is 46.9 Å². The fraction of sp³-hybridized carbons (Fsp3) is 0.231. The summed E-state index contributed by atoms with van der Waals surface area (Å²) in [6.07, 6.45) is 0.237. The maximum Gasteiger partial charge on any atom is 0.229 e. The second kappa shape index (κ2) is 5.63. The van der Waals surface area contributed by atoms with Gasteiger partial charge in [0.1, 0.15) is 5.82 Å². The van der Waals surface area contributed by atoms with Crippen LogP contribution in [0.25, 0.3) is 0 Å². The quantitative estimate of drug-likeness (QED) is 0.945. The Hall–Kier alpha value is -1.52. The van der Waals surface area contributed by atoms with Gasteiger partial charge in [-0.2, -0.15) is 5.10 Å². The second-order valence-corrected chi connectivity index (χ2v) is 5.08. The molecule has 100 valence electrons. The van der Waals surface area contributed by atoms with Gasteiger partial charge in [-0.25, -0.2) is 0 Å². The van der Waals surface area contributed by atoms with Crippen molar-refractivity contribution in [2.24, 2.45) is 7.05 Å². The Kier molecular flexibility index (Phi) is 4.12. The van der Waals surface area contributed by atoms with Crippen LogP contribution in [0.1, 0.15) is 11.3 Å². The van der Waals surface area contributed by atoms with Crippen LogP contribution in [0.2, 0.25) is 10.0 Å². The molecular formula is C13H13Cl2N3O. The number of amides is 1. The van der Waals surface area contributed by atoms with Gasteiger partial charge in [0.05, 0.1) is 22.2 Å². The summed E-state index contributed by atoms with van der Waals surface area (Å²) in [5, 5.41) is 7.89. The van der Waals surface area contributed by atoms with Crippen LogP contribution in [0.5, 0.6) is 0 Å². The molecule has 2 rings (SSSR count). The first-order valence-electron chi connectivity index (χ1n) is 5.70. The van der Waals surface area contributed by atoms with Crippen molar-refractivity contribution < 1.29 is 4.79 Å². The normalized spacial score (nSPS) is 10.5. The number of hydrogen-bond acceptors (Lipinski definition) is 2. The third-order valence-electron chi connectivity index (χ3n) is 2.62. The highest BCUT2D eigenvalue weighted by molar-refractivity contribution is 6.42. The third kappa shape index (κ3) is 3.49. The number of hydrogen-bond donors (Lipinski definition) is 1. The molecule has 4 nitrogen and oxygen atoms in total. The number of anilines is 1. The van der Waals surface area contributed by atoms with Crippen molar-refractivity contribution in [1.82, 2.24) is 9.78 Å². The van der Waals surface area contributed by atoms with Gasteiger partial charge in [0.25, 0.3) is 0 Å². The number of nitrogens with zero attached hydrogens (tertiary/aromatic N) is 2. The predicted molar refractivity (Wildman–Crippen MR) is 76.7 cm³/mol. The first-order valence-corrected chi connectivity index (χ1v) is 6.45. The molecule has 0 aliphatic rings. The SMILES string of the molecule is Cc1cc(NC(=O)Cc2ccc(Cl)c(Cl)c2)n(C)n1. The summed E-state index contributed by atoms with van der Waals surface area (Å²) >= 11 is 11.7. The van der Waals surface area contributed by atoms with E-state index in [0.29, 0.717) is 15.9 Å². The van der Waals surface area contributed by atoms with Crippen LogP contribution in [-0.2, 0) is 18.3 Å². The second-order valence-electron chi connectivity index (χ2n) is 4.27. The fourth-order valence-electron chi connectivity index (χ4n) is 1.75. The molecule has 0 unspecified atom stereocenters. The van der Waals surface area contributed by atoms with Crippen molar-refractivity contribution in [1.29, 1.82) is 0 Å². The number of benzene rings is 1. The van der Waals surface area contributed by atoms with Crippen LogP contribution >= 0.6 is 23.2 Å². The van der Waals surface area contributed by atoms with Crippen molar-refractivity contribution in [3.63, 3.8) is 0 Å². The van der Waals surface area contributed by atoms with E-state index in [2.05, 4.69) is 10.4 Å². The predicted octanol–water partition coefficient (Wildman–Crippen LogP) is 3.22. The molecule has 0 aliphatic carbocycles. The molecule has 1 N–H and O–H groups in total. The molecule has 0 spiro atoms. The number of halogens is 2. The summed E-state index contributed by atoms with van der Waals surface area (Å²) in [7, 11) is 1.78. The zero-order valence-corrected chi connectivity index (χ0v) is 12.1. The number of rotatable bonds is 3. The van der Waals surface area contributed by atoms with Crippen LogP contribution in [0.15, 0.2) is 24.3 Å². The first kappa shape index (κ1) is 13.9. The molecule has 0 radical (unpaired) electrons. The number of aryl methyl sites for hydroxylation is 2. The van der Waals surface area contributed by atoms with Crippen molar-refractivity contribution in [2.45, 2.75) is 13.3 Å². The lowest BCUT2D eigenvalue weighted by atomic mass is 10.1. The monoisotopic (exact) mass is 297 g/mol. The minimum absolute atomic E-state index is 0.124. The van der Waals surface area contributed by atoms with Crippen LogP contribution in [0.4, 0.5) is 5.82 Å². The molecular weight excluding hydrogens is 285 g/mol. The van der Waals surface area contributed by atoms with Gasteiger partial charge in [-0.3, -0.25) is 9.48 Å². The Morgan fingerprint density at radius 3 is 2.63 bits per heavy atom. The molecule has 1 aromatic heterocycles. The van der Waals surface area contributed by atoms with E-state index in [1.54, 1.807) is 29.9 Å². The van der Waals surface area contributed by atoms with Crippen LogP contribution in [0, 0.1) is 6.92 Å². The zero-order chi connectivity index (χ0) is 14.0. The van der Waals surface area contributed by atoms with Crippen LogP contribution in [0.3, 0.4) is 0 Å². The van der Waals surface area contributed by atoms with E-state index < -0.39 is 0 Å². The van der Waals surface area contributed by atoms with E-state index in [9.17, 15) is 4.79 Å². The average molecular weight is 298 g/mol. The van der Waals surface area contributed by atoms with Gasteiger partial charge in [0.2, 0.25) is 5.91 Å². The van der Waals surface area contributed by atoms with E-state index >= 15 is 0 Å². The molecule has 0 saturated carbocycles. The smallest absolute Gasteiger partial charge is 0.229 e. The highest BCUT2D eigenvalue weighted by Gasteiger charge is 2.09. The highest BCUT2D eigenvalue weighted by Crippen LogP contribution is 2.23. The lowest BCUT2D eigenvalue weighted by Gasteiger charge is -2.06. The van der Waals surface area contributed by atoms with Gasteiger partial charge in [-0.15, -0.1) is 0 Å².